The summed E-state index contributed by atoms with van der Waals surface area (Å²) in [5.41, 5.74) is 16.6. The monoisotopic (exact) mass is 428 g/mol. The number of nitrogens with two attached hydrogens (primary N) is 2. The van der Waals surface area contributed by atoms with E-state index in [1.54, 1.807) is 0 Å². The lowest BCUT2D eigenvalue weighted by molar-refractivity contribution is 0.707. The van der Waals surface area contributed by atoms with Gasteiger partial charge in [0.25, 0.3) is 0 Å². The predicted octanol–water partition coefficient (Wildman–Crippen LogP) is 4.02. The summed E-state index contributed by atoms with van der Waals surface area (Å²) in [7, 11) is 0. The zero-order valence-electron chi connectivity index (χ0n) is 18.7. The Kier molecular flexibility index (Phi) is 8.26. The molecule has 0 heterocycles. The van der Waals surface area contributed by atoms with Gasteiger partial charge in [0.1, 0.15) is 0 Å². The third kappa shape index (κ3) is 7.16. The zero-order valence-corrected chi connectivity index (χ0v) is 18.7. The Hall–Kier alpha value is -3.80. The normalized spacial score (nSPS) is 13.9. The lowest BCUT2D eigenvalue weighted by Crippen LogP contribution is -2.33. The second-order valence-corrected chi connectivity index (χ2v) is 7.78. The summed E-state index contributed by atoms with van der Waals surface area (Å²) >= 11 is 0. The maximum Gasteiger partial charge on any atom is 0.189 e. The molecule has 0 bridgehead atoms. The van der Waals surface area contributed by atoms with Crippen molar-refractivity contribution in [2.75, 3.05) is 0 Å². The molecule has 0 aliphatic rings. The second-order valence-electron chi connectivity index (χ2n) is 7.78. The minimum Gasteiger partial charge on any atom is -0.370 e. The van der Waals surface area contributed by atoms with Crippen LogP contribution in [0.15, 0.2) is 94.9 Å². The van der Waals surface area contributed by atoms with Crippen molar-refractivity contribution in [3.8, 4) is 0 Å². The van der Waals surface area contributed by atoms with Gasteiger partial charge in [0.15, 0.2) is 11.9 Å². The van der Waals surface area contributed by atoms with Gasteiger partial charge in [-0.2, -0.15) is 0 Å². The molecule has 3 rings (SSSR count). The number of guanidine groups is 2. The van der Waals surface area contributed by atoms with Crippen LogP contribution in [0, 0.1) is 0 Å². The van der Waals surface area contributed by atoms with Gasteiger partial charge in [0.05, 0.1) is 25.2 Å². The van der Waals surface area contributed by atoms with Crippen LogP contribution in [0.5, 0.6) is 0 Å². The van der Waals surface area contributed by atoms with E-state index >= 15 is 0 Å². The van der Waals surface area contributed by atoms with Crippen molar-refractivity contribution in [1.82, 2.24) is 10.6 Å². The topological polar surface area (TPSA) is 101 Å². The summed E-state index contributed by atoms with van der Waals surface area (Å²) in [4.78, 5) is 8.96. The van der Waals surface area contributed by atoms with E-state index in [0.29, 0.717) is 25.0 Å². The highest BCUT2D eigenvalue weighted by Gasteiger charge is 2.06. The van der Waals surface area contributed by atoms with Crippen LogP contribution >= 0.6 is 0 Å². The molecule has 0 saturated heterocycles. The molecular weight excluding hydrogens is 396 g/mol. The number of hydrogen-bond donors (Lipinski definition) is 4. The average Bonchev–Trinajstić information content (AvgIpc) is 2.83. The van der Waals surface area contributed by atoms with E-state index in [9.17, 15) is 0 Å². The van der Waals surface area contributed by atoms with Gasteiger partial charge in [-0.1, -0.05) is 84.9 Å². The molecule has 0 aliphatic heterocycles. The SMILES string of the molecule is CC(NC(N)=NCc1cccc(CN=C(N)NC(C)c2ccccc2)c1)c1ccccc1. The number of nitrogens with one attached hydrogen (secondary N) is 2. The standard InChI is InChI=1S/C26H32N6/c1-19(23-12-5-3-6-13-23)31-25(27)29-17-21-10-9-11-22(16-21)18-30-26(28)32-20(2)24-14-7-4-8-15-24/h3-16,19-20H,17-18H2,1-2H3,(H3,27,29,31)(H3,28,30,32). The van der Waals surface area contributed by atoms with Crippen molar-refractivity contribution >= 4 is 11.9 Å². The summed E-state index contributed by atoms with van der Waals surface area (Å²) in [5.74, 6) is 0.848. The van der Waals surface area contributed by atoms with E-state index in [2.05, 4.69) is 64.8 Å². The first-order valence-electron chi connectivity index (χ1n) is 10.8. The molecule has 0 aromatic heterocycles. The molecule has 0 fully saturated rings. The Bertz CT molecular complexity index is 950. The highest BCUT2D eigenvalue weighted by Crippen LogP contribution is 2.12. The second kappa shape index (κ2) is 11.6. The molecule has 0 amide bonds. The number of aliphatic imine (C=N–C) groups is 2. The largest absolute Gasteiger partial charge is 0.370 e. The molecule has 0 saturated carbocycles. The van der Waals surface area contributed by atoms with Crippen molar-refractivity contribution in [2.45, 2.75) is 39.0 Å². The van der Waals surface area contributed by atoms with Crippen LogP contribution in [-0.2, 0) is 13.1 Å². The molecule has 32 heavy (non-hydrogen) atoms. The Morgan fingerprint density at radius 3 is 1.47 bits per heavy atom. The van der Waals surface area contributed by atoms with E-state index < -0.39 is 0 Å². The molecular formula is C26H32N6. The number of hydrogen-bond acceptors (Lipinski definition) is 2. The minimum atomic E-state index is 0.0920. The van der Waals surface area contributed by atoms with Gasteiger partial charge in [0, 0.05) is 0 Å². The molecule has 166 valence electrons. The van der Waals surface area contributed by atoms with Crippen molar-refractivity contribution in [3.63, 3.8) is 0 Å². The minimum absolute atomic E-state index is 0.0920. The molecule has 6 N–H and O–H groups in total. The van der Waals surface area contributed by atoms with Gasteiger partial charge >= 0.3 is 0 Å². The molecule has 2 atom stereocenters. The van der Waals surface area contributed by atoms with Gasteiger partial charge in [-0.25, -0.2) is 9.98 Å². The van der Waals surface area contributed by atoms with E-state index in [4.69, 9.17) is 11.5 Å². The summed E-state index contributed by atoms with van der Waals surface area (Å²) in [5, 5.41) is 6.47. The summed E-state index contributed by atoms with van der Waals surface area (Å²) in [6.07, 6.45) is 0. The smallest absolute Gasteiger partial charge is 0.189 e. The quantitative estimate of drug-likeness (QED) is 0.322. The third-order valence-corrected chi connectivity index (χ3v) is 5.18. The van der Waals surface area contributed by atoms with Gasteiger partial charge < -0.3 is 22.1 Å². The molecule has 0 spiro atoms. The first-order valence-corrected chi connectivity index (χ1v) is 10.8. The Morgan fingerprint density at radius 1 is 0.656 bits per heavy atom. The molecule has 0 aliphatic carbocycles. The lowest BCUT2D eigenvalue weighted by atomic mass is 10.1. The first kappa shape index (κ1) is 22.9. The average molecular weight is 429 g/mol. The Balaban J connectivity index is 1.53. The van der Waals surface area contributed by atoms with E-state index in [1.165, 1.54) is 11.1 Å². The number of rotatable bonds is 8. The fraction of sp³-hybridized carbons (Fsp3) is 0.231. The summed E-state index contributed by atoms with van der Waals surface area (Å²) < 4.78 is 0. The van der Waals surface area contributed by atoms with E-state index in [0.717, 1.165) is 11.1 Å². The molecule has 6 nitrogen and oxygen atoms in total. The van der Waals surface area contributed by atoms with E-state index in [-0.39, 0.29) is 12.1 Å². The Morgan fingerprint density at radius 2 is 1.06 bits per heavy atom. The summed E-state index contributed by atoms with van der Waals surface area (Å²) in [6, 6.07) is 28.6. The zero-order chi connectivity index (χ0) is 22.8. The molecule has 3 aromatic rings. The molecule has 0 radical (unpaired) electrons. The Labute approximate surface area is 190 Å². The van der Waals surface area contributed by atoms with Crippen LogP contribution < -0.4 is 22.1 Å². The number of benzene rings is 3. The van der Waals surface area contributed by atoms with Crippen LogP contribution in [0.2, 0.25) is 0 Å². The van der Waals surface area contributed by atoms with Crippen LogP contribution in [0.25, 0.3) is 0 Å². The van der Waals surface area contributed by atoms with Crippen molar-refractivity contribution in [3.05, 3.63) is 107 Å². The summed E-state index contributed by atoms with van der Waals surface area (Å²) in [6.45, 7) is 5.12. The fourth-order valence-electron chi connectivity index (χ4n) is 3.36. The molecule has 3 aromatic carbocycles. The predicted molar refractivity (Wildman–Crippen MR) is 133 cm³/mol. The lowest BCUT2D eigenvalue weighted by Gasteiger charge is -2.15. The van der Waals surface area contributed by atoms with Crippen LogP contribution in [0.1, 0.15) is 48.2 Å². The van der Waals surface area contributed by atoms with Gasteiger partial charge in [0.2, 0.25) is 0 Å². The van der Waals surface area contributed by atoms with Crippen LogP contribution in [0.3, 0.4) is 0 Å². The third-order valence-electron chi connectivity index (χ3n) is 5.18. The van der Waals surface area contributed by atoms with Crippen molar-refractivity contribution in [2.24, 2.45) is 21.5 Å². The maximum absolute atomic E-state index is 6.08. The van der Waals surface area contributed by atoms with Crippen LogP contribution in [-0.4, -0.2) is 11.9 Å². The highest BCUT2D eigenvalue weighted by atomic mass is 15.1. The first-order chi connectivity index (χ1) is 15.5. The van der Waals surface area contributed by atoms with Gasteiger partial charge in [-0.3, -0.25) is 0 Å². The van der Waals surface area contributed by atoms with Crippen molar-refractivity contribution in [1.29, 1.82) is 0 Å². The molecule has 6 heteroatoms. The van der Waals surface area contributed by atoms with Crippen LogP contribution in [0.4, 0.5) is 0 Å². The molecule has 2 unspecified atom stereocenters. The maximum atomic E-state index is 6.08. The number of nitrogens with zero attached hydrogens (tertiary/aromatic N) is 2. The highest BCUT2D eigenvalue weighted by molar-refractivity contribution is 5.78. The van der Waals surface area contributed by atoms with Gasteiger partial charge in [-0.05, 0) is 36.1 Å². The van der Waals surface area contributed by atoms with Gasteiger partial charge in [-0.15, -0.1) is 0 Å². The van der Waals surface area contributed by atoms with Crippen molar-refractivity contribution < 1.29 is 0 Å². The fourth-order valence-corrected chi connectivity index (χ4v) is 3.36. The van der Waals surface area contributed by atoms with E-state index in [1.807, 2.05) is 54.6 Å².